The van der Waals surface area contributed by atoms with Crippen LogP contribution in [0, 0.1) is 16.7 Å². The topological polar surface area (TPSA) is 62.6 Å². The lowest BCUT2D eigenvalue weighted by Crippen LogP contribution is -2.16. The van der Waals surface area contributed by atoms with Crippen LogP contribution in [-0.4, -0.2) is 13.1 Å². The highest BCUT2D eigenvalue weighted by Gasteiger charge is 2.25. The number of esters is 1. The van der Waals surface area contributed by atoms with Crippen LogP contribution in [0.1, 0.15) is 26.3 Å². The van der Waals surface area contributed by atoms with E-state index in [1.54, 1.807) is 12.2 Å². The van der Waals surface area contributed by atoms with Crippen molar-refractivity contribution in [3.8, 4) is 6.07 Å². The molecule has 0 saturated heterocycles. The summed E-state index contributed by atoms with van der Waals surface area (Å²) < 4.78 is 10.9. The van der Waals surface area contributed by atoms with Crippen molar-refractivity contribution in [2.75, 3.05) is 12.0 Å². The molecule has 4 rings (SSSR count). The largest absolute Gasteiger partial charge is 0.465 e. The summed E-state index contributed by atoms with van der Waals surface area (Å²) in [5, 5.41) is 9.57. The van der Waals surface area contributed by atoms with Crippen molar-refractivity contribution >= 4 is 29.1 Å². The first-order chi connectivity index (χ1) is 18.3. The van der Waals surface area contributed by atoms with E-state index in [0.717, 1.165) is 22.6 Å². The zero-order chi connectivity index (χ0) is 27.1. The van der Waals surface area contributed by atoms with Gasteiger partial charge in [-0.05, 0) is 60.2 Å². The Kier molecular flexibility index (Phi) is 7.94. The Morgan fingerprint density at radius 3 is 1.89 bits per heavy atom. The lowest BCUT2D eigenvalue weighted by Gasteiger charge is -2.26. The normalized spacial score (nSPS) is 14.6. The molecule has 0 aromatic heterocycles. The summed E-state index contributed by atoms with van der Waals surface area (Å²) in [6.45, 7) is 6.03. The number of methoxy groups -OCH3 is 1. The molecule has 0 unspecified atom stereocenters. The zero-order valence-corrected chi connectivity index (χ0v) is 22.0. The first kappa shape index (κ1) is 26.2. The third-order valence-electron chi connectivity index (χ3n) is 5.96. The van der Waals surface area contributed by atoms with Crippen molar-refractivity contribution in [3.63, 3.8) is 0 Å². The molecule has 0 N–H and O–H groups in total. The summed E-state index contributed by atoms with van der Waals surface area (Å²) in [5.74, 6) is 0.511. The van der Waals surface area contributed by atoms with Crippen molar-refractivity contribution in [2.24, 2.45) is 5.41 Å². The molecule has 0 radical (unpaired) electrons. The summed E-state index contributed by atoms with van der Waals surface area (Å²) in [5.41, 5.74) is 4.24. The first-order valence-corrected chi connectivity index (χ1v) is 12.3. The molecule has 5 nitrogen and oxygen atoms in total. The number of allylic oxidation sites excluding steroid dienone is 5. The molecule has 190 valence electrons. The predicted octanol–water partition coefficient (Wildman–Crippen LogP) is 8.01. The van der Waals surface area contributed by atoms with Gasteiger partial charge in [0, 0.05) is 28.1 Å². The molecular weight excluding hydrogens is 472 g/mol. The van der Waals surface area contributed by atoms with Crippen molar-refractivity contribution in [1.29, 1.82) is 5.26 Å². The van der Waals surface area contributed by atoms with Gasteiger partial charge in [0.15, 0.2) is 0 Å². The number of para-hydroxylation sites is 2. The number of hydrogen-bond acceptors (Lipinski definition) is 5. The summed E-state index contributed by atoms with van der Waals surface area (Å²) in [6.07, 6.45) is 7.19. The molecule has 0 saturated carbocycles. The van der Waals surface area contributed by atoms with Crippen LogP contribution in [-0.2, 0) is 14.3 Å². The third-order valence-corrected chi connectivity index (χ3v) is 5.96. The van der Waals surface area contributed by atoms with Crippen LogP contribution >= 0.6 is 0 Å². The lowest BCUT2D eigenvalue weighted by atomic mass is 9.90. The number of carbonyl (C=O) groups excluding carboxylic acids is 1. The van der Waals surface area contributed by atoms with E-state index in [1.165, 1.54) is 7.11 Å². The number of carbonyl (C=O) groups is 1. The van der Waals surface area contributed by atoms with E-state index in [9.17, 15) is 10.1 Å². The van der Waals surface area contributed by atoms with E-state index in [1.807, 2.05) is 87.5 Å². The van der Waals surface area contributed by atoms with Crippen LogP contribution in [0.2, 0.25) is 0 Å². The minimum absolute atomic E-state index is 0.0604. The van der Waals surface area contributed by atoms with Gasteiger partial charge in [0.1, 0.15) is 23.2 Å². The highest BCUT2D eigenvalue weighted by Crippen LogP contribution is 2.36. The van der Waals surface area contributed by atoms with Crippen LogP contribution in [0.3, 0.4) is 0 Å². The second kappa shape index (κ2) is 11.5. The van der Waals surface area contributed by atoms with Crippen LogP contribution in [0.15, 0.2) is 126 Å². The maximum atomic E-state index is 12.2. The standard InChI is InChI=1S/C33H30N2O3/c1-33(2,3)31-22-25(30(23-34)32(36)37-4)21-29(38-31)20-17-24-15-18-28(19-16-24)35(26-11-7-5-8-12-26)27-13-9-6-10-14-27/h5-22H,1-4H3/b20-17+,30-25+. The average molecular weight is 503 g/mol. The fourth-order valence-electron chi connectivity index (χ4n) is 3.96. The van der Waals surface area contributed by atoms with Crippen molar-refractivity contribution in [3.05, 3.63) is 131 Å². The molecule has 5 heteroatoms. The van der Waals surface area contributed by atoms with Crippen LogP contribution in [0.5, 0.6) is 0 Å². The fraction of sp³-hybridized carbons (Fsp3) is 0.152. The Labute approximate surface area is 224 Å². The molecule has 0 bridgehead atoms. The van der Waals surface area contributed by atoms with E-state index < -0.39 is 5.97 Å². The number of nitriles is 1. The van der Waals surface area contributed by atoms with Crippen LogP contribution in [0.4, 0.5) is 17.1 Å². The molecule has 1 aliphatic heterocycles. The number of benzene rings is 3. The Bertz CT molecular complexity index is 1410. The molecule has 38 heavy (non-hydrogen) atoms. The number of anilines is 3. The second-order valence-corrected chi connectivity index (χ2v) is 9.77. The van der Waals surface area contributed by atoms with Gasteiger partial charge in [-0.15, -0.1) is 0 Å². The molecule has 0 fully saturated rings. The van der Waals surface area contributed by atoms with Gasteiger partial charge in [0.2, 0.25) is 0 Å². The highest BCUT2D eigenvalue weighted by atomic mass is 16.5. The van der Waals surface area contributed by atoms with Crippen LogP contribution < -0.4 is 4.90 Å². The Balaban J connectivity index is 1.64. The number of nitrogens with zero attached hydrogens (tertiary/aromatic N) is 2. The first-order valence-electron chi connectivity index (χ1n) is 12.3. The monoisotopic (exact) mass is 502 g/mol. The smallest absolute Gasteiger partial charge is 0.349 e. The van der Waals surface area contributed by atoms with E-state index in [-0.39, 0.29) is 11.0 Å². The average Bonchev–Trinajstić information content (AvgIpc) is 2.93. The molecule has 0 spiro atoms. The zero-order valence-electron chi connectivity index (χ0n) is 22.0. The van der Waals surface area contributed by atoms with Gasteiger partial charge < -0.3 is 14.4 Å². The maximum Gasteiger partial charge on any atom is 0.349 e. The minimum Gasteiger partial charge on any atom is -0.465 e. The van der Waals surface area contributed by atoms with Crippen LogP contribution in [0.25, 0.3) is 6.08 Å². The number of hydrogen-bond donors (Lipinski definition) is 0. The Morgan fingerprint density at radius 2 is 1.39 bits per heavy atom. The van der Waals surface area contributed by atoms with Gasteiger partial charge in [0.05, 0.1) is 7.11 Å². The molecule has 1 aliphatic rings. The molecule has 3 aromatic carbocycles. The van der Waals surface area contributed by atoms with E-state index in [4.69, 9.17) is 9.47 Å². The Morgan fingerprint density at radius 1 is 0.842 bits per heavy atom. The van der Waals surface area contributed by atoms with Gasteiger partial charge in [-0.3, -0.25) is 0 Å². The molecule has 3 aromatic rings. The molecular formula is C33H30N2O3. The summed E-state index contributed by atoms with van der Waals surface area (Å²) in [7, 11) is 1.26. The SMILES string of the molecule is COC(=O)/C(C#N)=C1C=C(/C=C/c2ccc(N(c3ccccc3)c3ccccc3)cc2)OC(C(C)(C)C)=C\1. The quantitative estimate of drug-likeness (QED) is 0.194. The van der Waals surface area contributed by atoms with Crippen molar-refractivity contribution < 1.29 is 14.3 Å². The predicted molar refractivity (Wildman–Crippen MR) is 152 cm³/mol. The van der Waals surface area contributed by atoms with E-state index in [0.29, 0.717) is 17.1 Å². The lowest BCUT2D eigenvalue weighted by molar-refractivity contribution is -0.135. The summed E-state index contributed by atoms with van der Waals surface area (Å²) in [6, 6.07) is 30.7. The highest BCUT2D eigenvalue weighted by molar-refractivity contribution is 5.95. The van der Waals surface area contributed by atoms with Gasteiger partial charge in [-0.1, -0.05) is 75.4 Å². The molecule has 0 amide bonds. The minimum atomic E-state index is -0.675. The molecule has 0 atom stereocenters. The molecule has 1 heterocycles. The summed E-state index contributed by atoms with van der Waals surface area (Å²) >= 11 is 0. The van der Waals surface area contributed by atoms with Gasteiger partial charge in [-0.2, -0.15) is 5.26 Å². The number of rotatable bonds is 6. The van der Waals surface area contributed by atoms with E-state index in [2.05, 4.69) is 41.3 Å². The van der Waals surface area contributed by atoms with Gasteiger partial charge in [0.25, 0.3) is 0 Å². The Hall–Kier alpha value is -4.82. The maximum absolute atomic E-state index is 12.2. The fourth-order valence-corrected chi connectivity index (χ4v) is 3.96. The number of ether oxygens (including phenoxy) is 2. The van der Waals surface area contributed by atoms with Crippen molar-refractivity contribution in [2.45, 2.75) is 20.8 Å². The van der Waals surface area contributed by atoms with E-state index >= 15 is 0 Å². The van der Waals surface area contributed by atoms with Crippen molar-refractivity contribution in [1.82, 2.24) is 0 Å². The van der Waals surface area contributed by atoms with Gasteiger partial charge >= 0.3 is 5.97 Å². The second-order valence-electron chi connectivity index (χ2n) is 9.77. The van der Waals surface area contributed by atoms with Gasteiger partial charge in [-0.25, -0.2) is 4.79 Å². The third kappa shape index (κ3) is 6.11. The summed E-state index contributed by atoms with van der Waals surface area (Å²) in [4.78, 5) is 14.4. The molecule has 0 aliphatic carbocycles.